The van der Waals surface area contributed by atoms with E-state index in [4.69, 9.17) is 13.9 Å². The first-order valence-electron chi connectivity index (χ1n) is 7.59. The lowest BCUT2D eigenvalue weighted by molar-refractivity contribution is -0.384. The number of esters is 1. The number of carbonyl (C=O) groups is 2. The number of amides is 1. The van der Waals surface area contributed by atoms with Gasteiger partial charge in [-0.1, -0.05) is 0 Å². The molecule has 0 radical (unpaired) electrons. The number of carbonyl (C=O) groups excluding carboxylic acids is 2. The number of nitrogens with one attached hydrogen (secondary N) is 1. The minimum Gasteiger partial charge on any atom is -0.494 e. The first-order chi connectivity index (χ1) is 12.5. The average molecular weight is 360 g/mol. The molecule has 0 aliphatic carbocycles. The number of hydrogen-bond acceptors (Lipinski definition) is 7. The lowest BCUT2D eigenvalue weighted by atomic mass is 10.2. The predicted octanol–water partition coefficient (Wildman–Crippen LogP) is 2.78. The van der Waals surface area contributed by atoms with Gasteiger partial charge in [0.05, 0.1) is 23.9 Å². The van der Waals surface area contributed by atoms with Gasteiger partial charge in [0.25, 0.3) is 11.6 Å². The molecule has 0 spiro atoms. The summed E-state index contributed by atoms with van der Waals surface area (Å²) in [6.45, 7) is 1.51. The van der Waals surface area contributed by atoms with Gasteiger partial charge in [-0.15, -0.1) is 0 Å². The van der Waals surface area contributed by atoms with Crippen LogP contribution < -0.4 is 10.1 Å². The summed E-state index contributed by atoms with van der Waals surface area (Å²) in [6, 6.07) is 7.34. The second-order valence-electron chi connectivity index (χ2n) is 4.87. The number of hydrogen-bond donors (Lipinski definition) is 1. The molecule has 1 N–H and O–H groups in total. The van der Waals surface area contributed by atoms with Crippen molar-refractivity contribution in [3.63, 3.8) is 0 Å². The highest BCUT2D eigenvalue weighted by atomic mass is 16.6. The molecule has 1 aromatic carbocycles. The summed E-state index contributed by atoms with van der Waals surface area (Å²) in [5.41, 5.74) is -0.348. The van der Waals surface area contributed by atoms with E-state index in [1.807, 2.05) is 0 Å². The molecule has 0 saturated heterocycles. The van der Waals surface area contributed by atoms with Crippen molar-refractivity contribution >= 4 is 29.3 Å². The van der Waals surface area contributed by atoms with Gasteiger partial charge >= 0.3 is 5.97 Å². The molecule has 1 amide bonds. The van der Waals surface area contributed by atoms with E-state index >= 15 is 0 Å². The molecule has 1 heterocycles. The Labute approximate surface area is 148 Å². The van der Waals surface area contributed by atoms with E-state index in [1.165, 1.54) is 30.5 Å². The van der Waals surface area contributed by atoms with E-state index in [9.17, 15) is 19.7 Å². The van der Waals surface area contributed by atoms with Crippen LogP contribution in [0.25, 0.3) is 6.08 Å². The highest BCUT2D eigenvalue weighted by Crippen LogP contribution is 2.29. The highest BCUT2D eigenvalue weighted by Gasteiger charge is 2.18. The van der Waals surface area contributed by atoms with E-state index in [0.29, 0.717) is 18.1 Å². The van der Waals surface area contributed by atoms with Gasteiger partial charge in [0.1, 0.15) is 17.2 Å². The molecule has 136 valence electrons. The van der Waals surface area contributed by atoms with Gasteiger partial charge in [-0.05, 0) is 37.3 Å². The quantitative estimate of drug-likeness (QED) is 0.332. The number of ether oxygens (including phenoxy) is 2. The highest BCUT2D eigenvalue weighted by molar-refractivity contribution is 5.96. The molecule has 0 aliphatic heterocycles. The van der Waals surface area contributed by atoms with Crippen LogP contribution in [0.2, 0.25) is 0 Å². The summed E-state index contributed by atoms with van der Waals surface area (Å²) in [6.07, 6.45) is 3.94. The monoisotopic (exact) mass is 360 g/mol. The maximum absolute atomic E-state index is 11.9. The first-order valence-corrected chi connectivity index (χ1v) is 7.59. The Balaban J connectivity index is 1.92. The molecule has 0 saturated carbocycles. The largest absolute Gasteiger partial charge is 0.494 e. The summed E-state index contributed by atoms with van der Waals surface area (Å²) in [5.74, 6) is -0.696. The van der Waals surface area contributed by atoms with Gasteiger partial charge in [0.2, 0.25) is 0 Å². The topological polar surface area (TPSA) is 121 Å². The Morgan fingerprint density at radius 3 is 2.81 bits per heavy atom. The zero-order valence-corrected chi connectivity index (χ0v) is 13.8. The Morgan fingerprint density at radius 1 is 1.35 bits per heavy atom. The summed E-state index contributed by atoms with van der Waals surface area (Å²) in [7, 11) is 0. The number of nitro groups is 1. The van der Waals surface area contributed by atoms with E-state index < -0.39 is 23.4 Å². The van der Waals surface area contributed by atoms with Gasteiger partial charge in [0, 0.05) is 6.08 Å². The molecule has 0 unspecified atom stereocenters. The van der Waals surface area contributed by atoms with Crippen LogP contribution in [-0.4, -0.2) is 30.0 Å². The molecule has 2 rings (SSSR count). The lowest BCUT2D eigenvalue weighted by Crippen LogP contribution is -2.20. The summed E-state index contributed by atoms with van der Waals surface area (Å²) < 4.78 is 15.0. The number of anilines is 1. The van der Waals surface area contributed by atoms with Crippen molar-refractivity contribution in [3.8, 4) is 5.75 Å². The van der Waals surface area contributed by atoms with Crippen LogP contribution in [0.4, 0.5) is 11.4 Å². The fraction of sp³-hybridized carbons (Fsp3) is 0.176. The van der Waals surface area contributed by atoms with Crippen molar-refractivity contribution in [1.29, 1.82) is 0 Å². The van der Waals surface area contributed by atoms with Crippen molar-refractivity contribution in [2.24, 2.45) is 0 Å². The predicted molar refractivity (Wildman–Crippen MR) is 91.6 cm³/mol. The van der Waals surface area contributed by atoms with E-state index in [2.05, 4.69) is 5.32 Å². The van der Waals surface area contributed by atoms with Crippen molar-refractivity contribution in [3.05, 3.63) is 58.5 Å². The third kappa shape index (κ3) is 5.48. The Hall–Kier alpha value is -3.62. The third-order valence-electron chi connectivity index (χ3n) is 3.02. The van der Waals surface area contributed by atoms with Crippen molar-refractivity contribution in [2.75, 3.05) is 18.5 Å². The number of benzene rings is 1. The molecular formula is C17H16N2O7. The fourth-order valence-corrected chi connectivity index (χ4v) is 1.93. The molecule has 0 aliphatic rings. The number of nitro benzene ring substituents is 1. The fourth-order valence-electron chi connectivity index (χ4n) is 1.93. The summed E-state index contributed by atoms with van der Waals surface area (Å²) >= 11 is 0. The molecule has 0 atom stereocenters. The van der Waals surface area contributed by atoms with Crippen molar-refractivity contribution in [1.82, 2.24) is 0 Å². The van der Waals surface area contributed by atoms with Crippen LogP contribution in [0.15, 0.2) is 47.1 Å². The van der Waals surface area contributed by atoms with Crippen molar-refractivity contribution in [2.45, 2.75) is 6.92 Å². The minimum absolute atomic E-state index is 0.0226. The van der Waals surface area contributed by atoms with Crippen LogP contribution in [0.1, 0.15) is 12.7 Å². The Morgan fingerprint density at radius 2 is 2.15 bits per heavy atom. The summed E-state index contributed by atoms with van der Waals surface area (Å²) in [5, 5.41) is 13.4. The van der Waals surface area contributed by atoms with Crippen LogP contribution >= 0.6 is 0 Å². The number of rotatable bonds is 8. The van der Waals surface area contributed by atoms with Gasteiger partial charge in [-0.3, -0.25) is 14.9 Å². The second-order valence-corrected chi connectivity index (χ2v) is 4.87. The average Bonchev–Trinajstić information content (AvgIpc) is 3.13. The zero-order chi connectivity index (χ0) is 18.9. The van der Waals surface area contributed by atoms with Gasteiger partial charge in [-0.25, -0.2) is 4.79 Å². The minimum atomic E-state index is -0.752. The van der Waals surface area contributed by atoms with E-state index in [-0.39, 0.29) is 11.4 Å². The second kappa shape index (κ2) is 9.02. The molecule has 2 aromatic rings. The maximum atomic E-state index is 11.9. The third-order valence-corrected chi connectivity index (χ3v) is 3.02. The van der Waals surface area contributed by atoms with Gasteiger partial charge < -0.3 is 19.2 Å². The van der Waals surface area contributed by atoms with Crippen LogP contribution in [-0.2, 0) is 14.3 Å². The SMILES string of the molecule is CCOc1ccc(NC(=O)COC(=O)/C=C/c2ccco2)c([N+](=O)[O-])c1. The molecule has 9 heteroatoms. The van der Waals surface area contributed by atoms with Gasteiger partial charge in [-0.2, -0.15) is 0 Å². The van der Waals surface area contributed by atoms with Gasteiger partial charge in [0.15, 0.2) is 6.61 Å². The molecule has 0 bridgehead atoms. The van der Waals surface area contributed by atoms with E-state index in [0.717, 1.165) is 6.08 Å². The Kier molecular flexibility index (Phi) is 6.49. The standard InChI is InChI=1S/C17H16N2O7/c1-2-24-13-5-7-14(15(10-13)19(22)23)18-16(20)11-26-17(21)8-6-12-4-3-9-25-12/h3-10H,2,11H2,1H3,(H,18,20)/b8-6+. The normalized spacial score (nSPS) is 10.5. The lowest BCUT2D eigenvalue weighted by Gasteiger charge is -2.08. The van der Waals surface area contributed by atoms with E-state index in [1.54, 1.807) is 19.1 Å². The molecule has 9 nitrogen and oxygen atoms in total. The number of nitrogens with zero attached hydrogens (tertiary/aromatic N) is 1. The first kappa shape index (κ1) is 18.7. The van der Waals surface area contributed by atoms with Crippen LogP contribution in [0.3, 0.4) is 0 Å². The van der Waals surface area contributed by atoms with Crippen LogP contribution in [0, 0.1) is 10.1 Å². The molecule has 0 fully saturated rings. The van der Waals surface area contributed by atoms with Crippen LogP contribution in [0.5, 0.6) is 5.75 Å². The van der Waals surface area contributed by atoms with Crippen molar-refractivity contribution < 1.29 is 28.4 Å². The molecule has 26 heavy (non-hydrogen) atoms. The maximum Gasteiger partial charge on any atom is 0.331 e. The summed E-state index contributed by atoms with van der Waals surface area (Å²) in [4.78, 5) is 33.9. The number of furan rings is 1. The smallest absolute Gasteiger partial charge is 0.331 e. The zero-order valence-electron chi connectivity index (χ0n) is 13.8. The molecule has 1 aromatic heterocycles. The molecular weight excluding hydrogens is 344 g/mol. The Bertz CT molecular complexity index is 813.